The van der Waals surface area contributed by atoms with Crippen LogP contribution in [0.5, 0.6) is 11.5 Å². The quantitative estimate of drug-likeness (QED) is 0.371. The van der Waals surface area contributed by atoms with Crippen LogP contribution in [0.15, 0.2) is 72.8 Å². The number of hydrogen-bond acceptors (Lipinski definition) is 4. The summed E-state index contributed by atoms with van der Waals surface area (Å²) in [5.74, 6) is 1.07. The van der Waals surface area contributed by atoms with Gasteiger partial charge in [-0.05, 0) is 48.9 Å². The second-order valence-electron chi connectivity index (χ2n) is 6.56. The van der Waals surface area contributed by atoms with E-state index in [1.54, 1.807) is 49.6 Å². The van der Waals surface area contributed by atoms with Crippen LogP contribution in [0.1, 0.15) is 28.8 Å². The molecule has 3 rings (SSSR count). The van der Waals surface area contributed by atoms with E-state index in [1.165, 1.54) is 0 Å². The molecule has 0 fully saturated rings. The molecule has 0 aliphatic heterocycles. The zero-order valence-corrected chi connectivity index (χ0v) is 17.3. The average molecular weight is 424 g/mol. The van der Waals surface area contributed by atoms with Crippen LogP contribution in [0.25, 0.3) is 0 Å². The molecule has 0 heterocycles. The Kier molecular flexibility index (Phi) is 7.46. The lowest BCUT2D eigenvalue weighted by molar-refractivity contribution is -0.116. The lowest BCUT2D eigenvalue weighted by Gasteiger charge is -2.12. The van der Waals surface area contributed by atoms with Crippen molar-refractivity contribution in [1.82, 2.24) is 0 Å². The van der Waals surface area contributed by atoms with E-state index < -0.39 is 0 Å². The Bertz CT molecular complexity index is 1000. The third-order valence-corrected chi connectivity index (χ3v) is 4.65. The molecule has 5 nitrogen and oxygen atoms in total. The summed E-state index contributed by atoms with van der Waals surface area (Å²) in [5.41, 5.74) is 1.33. The van der Waals surface area contributed by atoms with Gasteiger partial charge in [-0.25, -0.2) is 0 Å². The summed E-state index contributed by atoms with van der Waals surface area (Å²) in [6.45, 7) is 0.399. The highest BCUT2D eigenvalue weighted by Crippen LogP contribution is 2.24. The monoisotopic (exact) mass is 423 g/mol. The molecule has 0 radical (unpaired) electrons. The smallest absolute Gasteiger partial charge is 0.224 e. The van der Waals surface area contributed by atoms with Crippen molar-refractivity contribution in [3.8, 4) is 11.5 Å². The van der Waals surface area contributed by atoms with Crippen molar-refractivity contribution in [3.63, 3.8) is 0 Å². The van der Waals surface area contributed by atoms with Crippen LogP contribution in [0.3, 0.4) is 0 Å². The number of benzene rings is 3. The molecule has 0 aromatic heterocycles. The van der Waals surface area contributed by atoms with E-state index in [1.807, 2.05) is 30.3 Å². The van der Waals surface area contributed by atoms with Crippen molar-refractivity contribution >= 4 is 29.0 Å². The standard InChI is InChI=1S/C24H22ClNO4/c1-29-19-10-12-20(13-11-19)30-15-5-8-23(27)26-22-14-9-18(25)16-21(22)24(28)17-6-3-2-4-7-17/h2-4,6-7,9-14,16H,5,8,15H2,1H3,(H,26,27). The number of nitrogens with one attached hydrogen (secondary N) is 1. The van der Waals surface area contributed by atoms with Crippen molar-refractivity contribution in [1.29, 1.82) is 0 Å². The van der Waals surface area contributed by atoms with Crippen molar-refractivity contribution in [2.75, 3.05) is 19.0 Å². The zero-order valence-electron chi connectivity index (χ0n) is 16.6. The van der Waals surface area contributed by atoms with Crippen LogP contribution in [-0.4, -0.2) is 25.4 Å². The molecule has 154 valence electrons. The molecule has 0 spiro atoms. The Hall–Kier alpha value is -3.31. The van der Waals surface area contributed by atoms with Gasteiger partial charge in [0.1, 0.15) is 11.5 Å². The highest BCUT2D eigenvalue weighted by atomic mass is 35.5. The molecule has 1 N–H and O–H groups in total. The van der Waals surface area contributed by atoms with Gasteiger partial charge in [-0.2, -0.15) is 0 Å². The summed E-state index contributed by atoms with van der Waals surface area (Å²) in [5, 5.41) is 3.24. The number of amides is 1. The van der Waals surface area contributed by atoms with Gasteiger partial charge in [-0.15, -0.1) is 0 Å². The van der Waals surface area contributed by atoms with E-state index in [4.69, 9.17) is 21.1 Å². The SMILES string of the molecule is COc1ccc(OCCCC(=O)Nc2ccc(Cl)cc2C(=O)c2ccccc2)cc1. The first-order valence-electron chi connectivity index (χ1n) is 9.53. The Labute approximate surface area is 180 Å². The fourth-order valence-electron chi connectivity index (χ4n) is 2.87. The van der Waals surface area contributed by atoms with Crippen molar-refractivity contribution in [3.05, 3.63) is 88.9 Å². The van der Waals surface area contributed by atoms with Crippen LogP contribution in [0.2, 0.25) is 5.02 Å². The van der Waals surface area contributed by atoms with Gasteiger partial charge in [0.2, 0.25) is 5.91 Å². The first kappa shape index (κ1) is 21.4. The van der Waals surface area contributed by atoms with Crippen LogP contribution in [0, 0.1) is 0 Å². The zero-order chi connectivity index (χ0) is 21.3. The molecule has 0 saturated heterocycles. The highest BCUT2D eigenvalue weighted by molar-refractivity contribution is 6.31. The number of methoxy groups -OCH3 is 1. The van der Waals surface area contributed by atoms with Crippen molar-refractivity contribution < 1.29 is 19.1 Å². The Morgan fingerprint density at radius 1 is 0.933 bits per heavy atom. The molecule has 0 aliphatic rings. The Morgan fingerprint density at radius 3 is 2.33 bits per heavy atom. The lowest BCUT2D eigenvalue weighted by Crippen LogP contribution is -2.16. The Balaban J connectivity index is 1.56. The van der Waals surface area contributed by atoms with Crippen LogP contribution in [-0.2, 0) is 4.79 Å². The van der Waals surface area contributed by atoms with Crippen molar-refractivity contribution in [2.45, 2.75) is 12.8 Å². The number of carbonyl (C=O) groups excluding carboxylic acids is 2. The van der Waals surface area contributed by atoms with E-state index in [9.17, 15) is 9.59 Å². The normalized spacial score (nSPS) is 10.3. The fraction of sp³-hybridized carbons (Fsp3) is 0.167. The lowest BCUT2D eigenvalue weighted by atomic mass is 10.0. The molecular weight excluding hydrogens is 402 g/mol. The first-order chi connectivity index (χ1) is 14.6. The molecule has 6 heteroatoms. The van der Waals surface area contributed by atoms with Gasteiger partial charge in [0.15, 0.2) is 5.78 Å². The number of carbonyl (C=O) groups is 2. The molecule has 1 amide bonds. The largest absolute Gasteiger partial charge is 0.497 e. The predicted molar refractivity (Wildman–Crippen MR) is 118 cm³/mol. The maximum atomic E-state index is 12.8. The Morgan fingerprint density at radius 2 is 1.63 bits per heavy atom. The van der Waals surface area contributed by atoms with Crippen LogP contribution >= 0.6 is 11.6 Å². The van der Waals surface area contributed by atoms with Gasteiger partial charge < -0.3 is 14.8 Å². The topological polar surface area (TPSA) is 64.6 Å². The first-order valence-corrected chi connectivity index (χ1v) is 9.90. The number of halogens is 1. The summed E-state index contributed by atoms with van der Waals surface area (Å²) < 4.78 is 10.7. The van der Waals surface area contributed by atoms with Gasteiger partial charge in [-0.1, -0.05) is 41.9 Å². The summed E-state index contributed by atoms with van der Waals surface area (Å²) in [6, 6.07) is 21.0. The minimum Gasteiger partial charge on any atom is -0.497 e. The van der Waals surface area contributed by atoms with E-state index in [0.717, 1.165) is 5.75 Å². The number of ketones is 1. The maximum absolute atomic E-state index is 12.8. The third-order valence-electron chi connectivity index (χ3n) is 4.41. The van der Waals surface area contributed by atoms with Crippen molar-refractivity contribution in [2.24, 2.45) is 0 Å². The van der Waals surface area contributed by atoms with E-state index in [-0.39, 0.29) is 18.1 Å². The third kappa shape index (κ3) is 5.84. The van der Waals surface area contributed by atoms with Gasteiger partial charge in [0, 0.05) is 22.6 Å². The van der Waals surface area contributed by atoms with Gasteiger partial charge in [0.05, 0.1) is 19.4 Å². The predicted octanol–water partition coefficient (Wildman–Crippen LogP) is 5.38. The maximum Gasteiger partial charge on any atom is 0.224 e. The van der Waals surface area contributed by atoms with E-state index in [2.05, 4.69) is 5.32 Å². The van der Waals surface area contributed by atoms with Crippen LogP contribution in [0.4, 0.5) is 5.69 Å². The van der Waals surface area contributed by atoms with Gasteiger partial charge in [-0.3, -0.25) is 9.59 Å². The van der Waals surface area contributed by atoms with Crippen LogP contribution < -0.4 is 14.8 Å². The minimum atomic E-state index is -0.198. The summed E-state index contributed by atoms with van der Waals surface area (Å²) in [6.07, 6.45) is 0.797. The highest BCUT2D eigenvalue weighted by Gasteiger charge is 2.16. The second kappa shape index (κ2) is 10.5. The number of hydrogen-bond donors (Lipinski definition) is 1. The molecule has 0 atom stereocenters. The molecular formula is C24H22ClNO4. The fourth-order valence-corrected chi connectivity index (χ4v) is 3.04. The molecule has 30 heavy (non-hydrogen) atoms. The summed E-state index contributed by atoms with van der Waals surface area (Å²) in [7, 11) is 1.61. The van der Waals surface area contributed by atoms with E-state index in [0.29, 0.717) is 40.6 Å². The molecule has 0 saturated carbocycles. The molecule has 3 aromatic rings. The van der Waals surface area contributed by atoms with Gasteiger partial charge in [0.25, 0.3) is 0 Å². The summed E-state index contributed by atoms with van der Waals surface area (Å²) >= 11 is 6.08. The second-order valence-corrected chi connectivity index (χ2v) is 7.00. The molecule has 0 aliphatic carbocycles. The van der Waals surface area contributed by atoms with Gasteiger partial charge >= 0.3 is 0 Å². The minimum absolute atomic E-state index is 0.197. The number of anilines is 1. The molecule has 0 bridgehead atoms. The average Bonchev–Trinajstić information content (AvgIpc) is 2.78. The number of rotatable bonds is 9. The van der Waals surface area contributed by atoms with E-state index >= 15 is 0 Å². The number of ether oxygens (including phenoxy) is 2. The molecule has 3 aromatic carbocycles. The molecule has 0 unspecified atom stereocenters. The summed E-state index contributed by atoms with van der Waals surface area (Å²) in [4.78, 5) is 25.2.